The van der Waals surface area contributed by atoms with Crippen molar-refractivity contribution in [2.75, 3.05) is 13.1 Å². The second kappa shape index (κ2) is 3.29. The van der Waals surface area contributed by atoms with E-state index in [-0.39, 0.29) is 0 Å². The highest BCUT2D eigenvalue weighted by molar-refractivity contribution is 5.24. The summed E-state index contributed by atoms with van der Waals surface area (Å²) >= 11 is 0. The quantitative estimate of drug-likeness (QED) is 0.683. The Labute approximate surface area is 71.9 Å². The summed E-state index contributed by atoms with van der Waals surface area (Å²) in [7, 11) is 0. The zero-order valence-corrected chi connectivity index (χ0v) is 7.05. The van der Waals surface area contributed by atoms with Crippen molar-refractivity contribution in [3.63, 3.8) is 0 Å². The van der Waals surface area contributed by atoms with E-state index in [0.29, 0.717) is 6.04 Å². The van der Waals surface area contributed by atoms with Gasteiger partial charge in [0.05, 0.1) is 6.26 Å². The van der Waals surface area contributed by atoms with E-state index in [9.17, 15) is 0 Å². The third kappa shape index (κ3) is 1.26. The molecule has 0 aliphatic carbocycles. The van der Waals surface area contributed by atoms with E-state index in [0.717, 1.165) is 31.7 Å². The molecule has 1 aliphatic heterocycles. The number of fused-ring (bicyclic) bond motifs is 1. The summed E-state index contributed by atoms with van der Waals surface area (Å²) < 4.78 is 5.35. The molecule has 1 aliphatic rings. The maximum Gasteiger partial charge on any atom is 0.109 e. The van der Waals surface area contributed by atoms with Gasteiger partial charge in [0, 0.05) is 24.6 Å². The van der Waals surface area contributed by atoms with Crippen LogP contribution in [0.2, 0.25) is 0 Å². The van der Waals surface area contributed by atoms with Gasteiger partial charge in [-0.05, 0) is 19.0 Å². The summed E-state index contributed by atoms with van der Waals surface area (Å²) in [6, 6.07) is 2.46. The summed E-state index contributed by atoms with van der Waals surface area (Å²) in [5.41, 5.74) is 6.81. The zero-order valence-electron chi connectivity index (χ0n) is 7.05. The van der Waals surface area contributed by atoms with Crippen molar-refractivity contribution < 1.29 is 4.42 Å². The molecule has 66 valence electrons. The van der Waals surface area contributed by atoms with Crippen molar-refractivity contribution in [1.82, 2.24) is 5.32 Å². The molecule has 0 aromatic carbocycles. The Morgan fingerprint density at radius 1 is 1.67 bits per heavy atom. The van der Waals surface area contributed by atoms with Crippen LogP contribution in [0.3, 0.4) is 0 Å². The minimum absolute atomic E-state index is 0.414. The van der Waals surface area contributed by atoms with Gasteiger partial charge in [-0.3, -0.25) is 0 Å². The van der Waals surface area contributed by atoms with Gasteiger partial charge in [0.2, 0.25) is 0 Å². The third-order valence-corrected chi connectivity index (χ3v) is 2.35. The smallest absolute Gasteiger partial charge is 0.109 e. The molecule has 2 rings (SSSR count). The Balaban J connectivity index is 2.19. The summed E-state index contributed by atoms with van der Waals surface area (Å²) in [6.07, 6.45) is 3.76. The lowest BCUT2D eigenvalue weighted by molar-refractivity contribution is 0.422. The number of rotatable bonds is 2. The first-order valence-corrected chi connectivity index (χ1v) is 4.41. The van der Waals surface area contributed by atoms with Gasteiger partial charge in [0.25, 0.3) is 0 Å². The maximum absolute atomic E-state index is 5.51. The lowest BCUT2D eigenvalue weighted by Gasteiger charge is -2.22. The van der Waals surface area contributed by atoms with Crippen molar-refractivity contribution in [3.8, 4) is 0 Å². The van der Waals surface area contributed by atoms with Gasteiger partial charge in [-0.15, -0.1) is 0 Å². The second-order valence-corrected chi connectivity index (χ2v) is 3.13. The molecule has 1 atom stereocenters. The summed E-state index contributed by atoms with van der Waals surface area (Å²) in [5, 5.41) is 3.42. The Morgan fingerprint density at radius 3 is 3.42 bits per heavy atom. The van der Waals surface area contributed by atoms with E-state index in [1.165, 1.54) is 5.56 Å². The molecule has 0 bridgehead atoms. The fourth-order valence-corrected chi connectivity index (χ4v) is 1.76. The Bertz CT molecular complexity index is 257. The highest BCUT2D eigenvalue weighted by Crippen LogP contribution is 2.25. The fraction of sp³-hybridized carbons (Fsp3) is 0.556. The topological polar surface area (TPSA) is 51.2 Å². The molecule has 3 N–H and O–H groups in total. The number of hydrogen-bond donors (Lipinski definition) is 2. The predicted molar refractivity (Wildman–Crippen MR) is 46.8 cm³/mol. The van der Waals surface area contributed by atoms with Crippen molar-refractivity contribution in [2.45, 2.75) is 18.9 Å². The van der Waals surface area contributed by atoms with Crippen molar-refractivity contribution >= 4 is 0 Å². The molecule has 3 nitrogen and oxygen atoms in total. The fourth-order valence-electron chi connectivity index (χ4n) is 1.76. The maximum atomic E-state index is 5.51. The van der Waals surface area contributed by atoms with Crippen LogP contribution < -0.4 is 11.1 Å². The van der Waals surface area contributed by atoms with E-state index in [1.807, 2.05) is 6.07 Å². The molecule has 0 fully saturated rings. The van der Waals surface area contributed by atoms with Crippen LogP contribution in [-0.2, 0) is 6.42 Å². The van der Waals surface area contributed by atoms with Gasteiger partial charge < -0.3 is 15.5 Å². The van der Waals surface area contributed by atoms with Crippen LogP contribution in [0.25, 0.3) is 0 Å². The van der Waals surface area contributed by atoms with Gasteiger partial charge in [-0.1, -0.05) is 0 Å². The van der Waals surface area contributed by atoms with E-state index in [4.69, 9.17) is 10.2 Å². The molecule has 1 unspecified atom stereocenters. The Hall–Kier alpha value is -0.800. The molecule has 0 saturated carbocycles. The summed E-state index contributed by atoms with van der Waals surface area (Å²) in [6.45, 7) is 1.73. The van der Waals surface area contributed by atoms with Gasteiger partial charge >= 0.3 is 0 Å². The average molecular weight is 166 g/mol. The van der Waals surface area contributed by atoms with Crippen LogP contribution in [0, 0.1) is 0 Å². The molecule has 1 aromatic rings. The first-order valence-electron chi connectivity index (χ1n) is 4.41. The molecule has 0 spiro atoms. The molecular formula is C9H14N2O. The molecule has 0 amide bonds. The first-order chi connectivity index (χ1) is 5.92. The van der Waals surface area contributed by atoms with Crippen LogP contribution in [0.4, 0.5) is 0 Å². The monoisotopic (exact) mass is 166 g/mol. The number of hydrogen-bond acceptors (Lipinski definition) is 3. The van der Waals surface area contributed by atoms with Crippen LogP contribution in [0.5, 0.6) is 0 Å². The number of furan rings is 1. The third-order valence-electron chi connectivity index (χ3n) is 2.35. The molecule has 12 heavy (non-hydrogen) atoms. The zero-order chi connectivity index (χ0) is 8.39. The van der Waals surface area contributed by atoms with E-state index >= 15 is 0 Å². The SMILES string of the molecule is NCCC1NCCc2occc21. The lowest BCUT2D eigenvalue weighted by Crippen LogP contribution is -2.30. The standard InChI is InChI=1S/C9H14N2O/c10-4-1-8-7-3-6-12-9(7)2-5-11-8/h3,6,8,11H,1-2,4-5,10H2. The Morgan fingerprint density at radius 2 is 2.58 bits per heavy atom. The average Bonchev–Trinajstić information content (AvgIpc) is 2.53. The van der Waals surface area contributed by atoms with Gasteiger partial charge in [0.1, 0.15) is 5.76 Å². The van der Waals surface area contributed by atoms with Gasteiger partial charge in [0.15, 0.2) is 0 Å². The van der Waals surface area contributed by atoms with E-state index < -0.39 is 0 Å². The second-order valence-electron chi connectivity index (χ2n) is 3.13. The number of nitrogens with two attached hydrogens (primary N) is 1. The van der Waals surface area contributed by atoms with Crippen LogP contribution in [0.15, 0.2) is 16.7 Å². The minimum atomic E-state index is 0.414. The molecule has 1 aromatic heterocycles. The molecule has 2 heterocycles. The largest absolute Gasteiger partial charge is 0.469 e. The highest BCUT2D eigenvalue weighted by atomic mass is 16.3. The predicted octanol–water partition coefficient (Wildman–Crippen LogP) is 0.815. The Kier molecular flexibility index (Phi) is 2.15. The number of nitrogens with one attached hydrogen (secondary N) is 1. The lowest BCUT2D eigenvalue weighted by atomic mass is 9.99. The molecular weight excluding hydrogens is 152 g/mol. The minimum Gasteiger partial charge on any atom is -0.469 e. The first kappa shape index (κ1) is 7.83. The van der Waals surface area contributed by atoms with E-state index in [1.54, 1.807) is 6.26 Å². The molecule has 0 radical (unpaired) electrons. The molecule has 3 heteroatoms. The van der Waals surface area contributed by atoms with Gasteiger partial charge in [-0.25, -0.2) is 0 Å². The highest BCUT2D eigenvalue weighted by Gasteiger charge is 2.20. The van der Waals surface area contributed by atoms with Crippen LogP contribution in [0.1, 0.15) is 23.8 Å². The van der Waals surface area contributed by atoms with Crippen molar-refractivity contribution in [1.29, 1.82) is 0 Å². The normalized spacial score (nSPS) is 22.2. The van der Waals surface area contributed by atoms with Crippen LogP contribution in [-0.4, -0.2) is 13.1 Å². The summed E-state index contributed by atoms with van der Waals surface area (Å²) in [4.78, 5) is 0. The van der Waals surface area contributed by atoms with Crippen molar-refractivity contribution in [3.05, 3.63) is 23.7 Å². The summed E-state index contributed by atoms with van der Waals surface area (Å²) in [5.74, 6) is 1.13. The van der Waals surface area contributed by atoms with E-state index in [2.05, 4.69) is 5.32 Å². The van der Waals surface area contributed by atoms with Gasteiger partial charge in [-0.2, -0.15) is 0 Å². The van der Waals surface area contributed by atoms with Crippen molar-refractivity contribution in [2.24, 2.45) is 5.73 Å². The van der Waals surface area contributed by atoms with Crippen LogP contribution >= 0.6 is 0 Å². The molecule has 0 saturated heterocycles.